The molecule has 55 heavy (non-hydrogen) atoms. The lowest BCUT2D eigenvalue weighted by Gasteiger charge is -2.21. The molecule has 0 bridgehead atoms. The number of benzene rings is 2. The standard InChI is InChI=1S/C40H46FN5O8S/c1-23(2)52-27-14-11-24(12-15-27)38-43-35-31-20-26(41)13-18-33(31)54-36(35)40(44-38)53-28-21-32(37(42)48)46(22-28)34(47)10-8-6-4-3-5-7-9-25-19-30(25)39(49)45-55(50,51)29-16-17-29/h7,9,11-15,18,20,23,25,28-30,32H,3-6,8,10,16-17,19,21-22H2,1-2H3,(H2,42,48)(H,45,49)/b9-7-/t25-,28-,30+,32+/m1/s1. The summed E-state index contributed by atoms with van der Waals surface area (Å²) in [5.74, 6) is -0.751. The number of nitrogens with one attached hydrogen (secondary N) is 1. The fraction of sp³-hybridized carbons (Fsp3) is 0.475. The first-order chi connectivity index (χ1) is 26.4. The SMILES string of the molecule is CC(C)Oc1ccc(-c2nc(O[C@@H]3C[C@@H](C(N)=O)N(C(=O)CCCCCC/C=C\[C@@H]4C[C@@H]4C(=O)NS(=O)(=O)C4CC4)C3)c3oc4ccc(F)cc4c3n2)cc1. The van der Waals surface area contributed by atoms with Crippen LogP contribution in [0.15, 0.2) is 59.0 Å². The van der Waals surface area contributed by atoms with E-state index in [0.29, 0.717) is 59.3 Å². The Balaban J connectivity index is 0.933. The molecule has 2 saturated carbocycles. The molecule has 3 aliphatic rings. The van der Waals surface area contributed by atoms with Crippen LogP contribution in [0.2, 0.25) is 0 Å². The van der Waals surface area contributed by atoms with Gasteiger partial charge in [-0.15, -0.1) is 0 Å². The van der Waals surface area contributed by atoms with Gasteiger partial charge < -0.3 is 24.5 Å². The molecule has 4 atom stereocenters. The number of sulfonamides is 1. The molecule has 3 fully saturated rings. The number of primary amides is 1. The maximum atomic E-state index is 14.3. The van der Waals surface area contributed by atoms with E-state index >= 15 is 0 Å². The van der Waals surface area contributed by atoms with Crippen LogP contribution >= 0.6 is 0 Å². The van der Waals surface area contributed by atoms with Gasteiger partial charge in [-0.3, -0.25) is 19.1 Å². The van der Waals surface area contributed by atoms with Crippen molar-refractivity contribution in [2.24, 2.45) is 17.6 Å². The quantitative estimate of drug-likeness (QED) is 0.0961. The molecule has 1 saturated heterocycles. The van der Waals surface area contributed by atoms with Gasteiger partial charge in [0.1, 0.15) is 34.8 Å². The number of allylic oxidation sites excluding steroid dienone is 2. The number of hydrogen-bond donors (Lipinski definition) is 2. The van der Waals surface area contributed by atoms with Gasteiger partial charge in [0.2, 0.25) is 33.3 Å². The smallest absolute Gasteiger partial charge is 0.262 e. The number of carbonyl (C=O) groups excluding carboxylic acids is 3. The Morgan fingerprint density at radius 1 is 1.05 bits per heavy atom. The Morgan fingerprint density at radius 2 is 1.82 bits per heavy atom. The summed E-state index contributed by atoms with van der Waals surface area (Å²) >= 11 is 0. The van der Waals surface area contributed by atoms with Crippen molar-refractivity contribution in [2.45, 2.75) is 102 Å². The van der Waals surface area contributed by atoms with Gasteiger partial charge >= 0.3 is 0 Å². The third-order valence-corrected chi connectivity index (χ3v) is 12.0. The van der Waals surface area contributed by atoms with Crippen molar-refractivity contribution in [3.05, 3.63) is 60.4 Å². The number of likely N-dealkylation sites (tertiary alicyclic amines) is 1. The Hall–Kier alpha value is -5.05. The zero-order valence-corrected chi connectivity index (χ0v) is 31.7. The van der Waals surface area contributed by atoms with Gasteiger partial charge in [-0.2, -0.15) is 4.98 Å². The van der Waals surface area contributed by atoms with Crippen LogP contribution in [0.1, 0.15) is 78.1 Å². The van der Waals surface area contributed by atoms with E-state index in [1.807, 2.05) is 50.3 Å². The number of nitrogens with zero attached hydrogens (tertiary/aromatic N) is 3. The van der Waals surface area contributed by atoms with Gasteiger partial charge in [-0.1, -0.05) is 25.0 Å². The van der Waals surface area contributed by atoms with Gasteiger partial charge in [-0.25, -0.2) is 17.8 Å². The number of unbranched alkanes of at least 4 members (excludes halogenated alkanes) is 4. The lowest BCUT2D eigenvalue weighted by molar-refractivity contribution is -0.137. The first-order valence-corrected chi connectivity index (χ1v) is 20.6. The molecule has 3 N–H and O–H groups in total. The van der Waals surface area contributed by atoms with Crippen LogP contribution in [0, 0.1) is 17.7 Å². The summed E-state index contributed by atoms with van der Waals surface area (Å²) in [5, 5.41) is 0.0397. The second-order valence-corrected chi connectivity index (χ2v) is 17.0. The molecule has 2 aromatic carbocycles. The van der Waals surface area contributed by atoms with Gasteiger partial charge in [0.15, 0.2) is 5.82 Å². The average molecular weight is 776 g/mol. The first-order valence-electron chi connectivity index (χ1n) is 19.0. The minimum absolute atomic E-state index is 0.0000675. The number of nitrogens with two attached hydrogens (primary N) is 1. The number of furan rings is 1. The van der Waals surface area contributed by atoms with Crippen molar-refractivity contribution in [3.8, 4) is 23.0 Å². The molecule has 7 rings (SSSR count). The van der Waals surface area contributed by atoms with E-state index in [-0.39, 0.29) is 54.7 Å². The molecule has 2 aromatic heterocycles. The van der Waals surface area contributed by atoms with E-state index in [1.165, 1.54) is 23.1 Å². The Labute approximate surface area is 318 Å². The van der Waals surface area contributed by atoms with Gasteiger partial charge in [0.25, 0.3) is 5.88 Å². The molecule has 292 valence electrons. The Bertz CT molecular complexity index is 2220. The van der Waals surface area contributed by atoms with Crippen molar-refractivity contribution < 1.29 is 41.1 Å². The molecular formula is C40H46FN5O8S. The van der Waals surface area contributed by atoms with E-state index in [0.717, 1.165) is 25.7 Å². The maximum Gasteiger partial charge on any atom is 0.262 e. The van der Waals surface area contributed by atoms with Crippen LogP contribution in [0.4, 0.5) is 4.39 Å². The largest absolute Gasteiger partial charge is 0.491 e. The number of aromatic nitrogens is 2. The number of halogens is 1. The third-order valence-electron chi connectivity index (χ3n) is 10.2. The number of carbonyl (C=O) groups is 3. The van der Waals surface area contributed by atoms with Crippen LogP contribution < -0.4 is 19.9 Å². The predicted molar refractivity (Wildman–Crippen MR) is 203 cm³/mol. The van der Waals surface area contributed by atoms with Gasteiger partial charge in [0.05, 0.1) is 17.9 Å². The van der Waals surface area contributed by atoms with Crippen molar-refractivity contribution in [3.63, 3.8) is 0 Å². The van der Waals surface area contributed by atoms with Crippen molar-refractivity contribution in [1.29, 1.82) is 0 Å². The maximum absolute atomic E-state index is 14.3. The molecule has 1 aliphatic heterocycles. The van der Waals surface area contributed by atoms with E-state index in [9.17, 15) is 27.2 Å². The molecule has 2 aliphatic carbocycles. The fourth-order valence-electron chi connectivity index (χ4n) is 7.05. The van der Waals surface area contributed by atoms with Crippen LogP contribution in [0.5, 0.6) is 11.6 Å². The minimum atomic E-state index is -3.51. The Morgan fingerprint density at radius 3 is 2.55 bits per heavy atom. The molecule has 13 nitrogen and oxygen atoms in total. The summed E-state index contributed by atoms with van der Waals surface area (Å²) in [6, 6.07) is 10.6. The van der Waals surface area contributed by atoms with Crippen molar-refractivity contribution >= 4 is 49.8 Å². The van der Waals surface area contributed by atoms with Gasteiger partial charge in [0, 0.05) is 29.7 Å². The van der Waals surface area contributed by atoms with E-state index in [2.05, 4.69) is 4.72 Å². The van der Waals surface area contributed by atoms with E-state index in [1.54, 1.807) is 0 Å². The van der Waals surface area contributed by atoms with Crippen molar-refractivity contribution in [2.75, 3.05) is 6.54 Å². The van der Waals surface area contributed by atoms with Gasteiger partial charge in [-0.05, 0) is 101 Å². The van der Waals surface area contributed by atoms with Crippen molar-refractivity contribution in [1.82, 2.24) is 19.6 Å². The number of fused-ring (bicyclic) bond motifs is 3. The molecule has 3 amide bonds. The predicted octanol–water partition coefficient (Wildman–Crippen LogP) is 5.94. The molecule has 0 unspecified atom stereocenters. The summed E-state index contributed by atoms with van der Waals surface area (Å²) in [4.78, 5) is 49.0. The molecule has 0 radical (unpaired) electrons. The Kier molecular flexibility index (Phi) is 11.1. The van der Waals surface area contributed by atoms with Crippen LogP contribution in [-0.4, -0.2) is 71.1 Å². The highest BCUT2D eigenvalue weighted by Crippen LogP contribution is 2.41. The second-order valence-electron chi connectivity index (χ2n) is 15.0. The highest BCUT2D eigenvalue weighted by atomic mass is 32.2. The highest BCUT2D eigenvalue weighted by molar-refractivity contribution is 7.90. The number of hydrogen-bond acceptors (Lipinski definition) is 10. The van der Waals surface area contributed by atoms with Crippen LogP contribution in [0.3, 0.4) is 0 Å². The summed E-state index contributed by atoms with van der Waals surface area (Å²) in [7, 11) is -3.51. The fourth-order valence-corrected chi connectivity index (χ4v) is 8.41. The molecule has 4 aromatic rings. The first kappa shape index (κ1) is 38.2. The number of ether oxygens (including phenoxy) is 2. The summed E-state index contributed by atoms with van der Waals surface area (Å²) < 4.78 is 58.8. The number of rotatable bonds is 17. The lowest BCUT2D eigenvalue weighted by Crippen LogP contribution is -2.43. The third kappa shape index (κ3) is 9.09. The average Bonchev–Trinajstić information content (AvgIpc) is 4.06. The molecular weight excluding hydrogens is 730 g/mol. The molecule has 3 heterocycles. The van der Waals surface area contributed by atoms with E-state index < -0.39 is 45.1 Å². The summed E-state index contributed by atoms with van der Waals surface area (Å²) in [6.45, 7) is 4.00. The summed E-state index contributed by atoms with van der Waals surface area (Å²) in [6.07, 6.45) is 9.83. The topological polar surface area (TPSA) is 184 Å². The monoisotopic (exact) mass is 775 g/mol. The van der Waals surface area contributed by atoms with E-state index in [4.69, 9.17) is 29.6 Å². The number of amides is 3. The summed E-state index contributed by atoms with van der Waals surface area (Å²) in [5.41, 5.74) is 7.42. The molecule has 15 heteroatoms. The lowest BCUT2D eigenvalue weighted by atomic mass is 10.1. The zero-order valence-electron chi connectivity index (χ0n) is 30.9. The minimum Gasteiger partial charge on any atom is -0.491 e. The molecule has 0 spiro atoms. The van der Waals surface area contributed by atoms with Crippen LogP contribution in [0.25, 0.3) is 33.5 Å². The second kappa shape index (κ2) is 16.0. The highest BCUT2D eigenvalue weighted by Gasteiger charge is 2.45. The zero-order chi connectivity index (χ0) is 38.9. The normalized spacial score (nSPS) is 21.1. The van der Waals surface area contributed by atoms with Crippen LogP contribution in [-0.2, 0) is 24.4 Å².